The third kappa shape index (κ3) is 8.89. The van der Waals surface area contributed by atoms with Gasteiger partial charge in [0.2, 0.25) is 5.89 Å². The molecule has 1 aliphatic rings. The summed E-state index contributed by atoms with van der Waals surface area (Å²) in [5.41, 5.74) is 4.02. The van der Waals surface area contributed by atoms with E-state index < -0.39 is 5.97 Å². The van der Waals surface area contributed by atoms with Crippen molar-refractivity contribution in [3.63, 3.8) is 0 Å². The van der Waals surface area contributed by atoms with Gasteiger partial charge in [-0.25, -0.2) is 4.98 Å². The van der Waals surface area contributed by atoms with Crippen LogP contribution in [0.25, 0.3) is 17.0 Å². The number of allylic oxidation sites excluding steroid dienone is 1. The van der Waals surface area contributed by atoms with Crippen molar-refractivity contribution in [1.82, 2.24) is 15.3 Å². The Morgan fingerprint density at radius 3 is 2.64 bits per heavy atom. The number of carboxylic acids is 1. The minimum atomic E-state index is -0.770. The van der Waals surface area contributed by atoms with Gasteiger partial charge in [-0.15, -0.1) is 0 Å². The summed E-state index contributed by atoms with van der Waals surface area (Å²) >= 11 is 0. The molecule has 2 N–H and O–H groups in total. The Balaban J connectivity index is 1.32. The molecule has 8 heteroatoms. The van der Waals surface area contributed by atoms with Gasteiger partial charge in [-0.05, 0) is 67.4 Å². The van der Waals surface area contributed by atoms with Crippen LogP contribution in [0.5, 0.6) is 0 Å². The van der Waals surface area contributed by atoms with Crippen LogP contribution in [0.1, 0.15) is 79.4 Å². The number of aromatic nitrogens is 2. The number of unbranched alkanes of at least 4 members (excludes halogenated alkanes) is 2. The molecule has 1 saturated carbocycles. The molecule has 4 rings (SSSR count). The van der Waals surface area contributed by atoms with Gasteiger partial charge in [0.25, 0.3) is 5.91 Å². The smallest absolute Gasteiger partial charge is 0.303 e. The maximum Gasteiger partial charge on any atom is 0.303 e. The molecule has 0 spiro atoms. The van der Waals surface area contributed by atoms with E-state index in [4.69, 9.17) is 14.3 Å². The molecule has 0 saturated heterocycles. The SMILES string of the molecule is O=C(O)CCCC/C=C(/c1ccc(-c2nc(C(=O)NCCOCC3CCCCC3)co2)cc1)c1cccnc1. The fourth-order valence-corrected chi connectivity index (χ4v) is 4.83. The van der Waals surface area contributed by atoms with Crippen LogP contribution in [0, 0.1) is 5.92 Å². The van der Waals surface area contributed by atoms with Crippen molar-refractivity contribution in [3.05, 3.63) is 78.0 Å². The Morgan fingerprint density at radius 2 is 1.90 bits per heavy atom. The van der Waals surface area contributed by atoms with Crippen molar-refractivity contribution in [3.8, 4) is 11.5 Å². The summed E-state index contributed by atoms with van der Waals surface area (Å²) in [6, 6.07) is 11.7. The molecule has 2 aromatic heterocycles. The Hall–Kier alpha value is -3.78. The van der Waals surface area contributed by atoms with Crippen LogP contribution in [0.3, 0.4) is 0 Å². The summed E-state index contributed by atoms with van der Waals surface area (Å²) in [7, 11) is 0. The summed E-state index contributed by atoms with van der Waals surface area (Å²) in [5, 5.41) is 11.7. The zero-order valence-corrected chi connectivity index (χ0v) is 22.3. The van der Waals surface area contributed by atoms with E-state index in [0.717, 1.165) is 41.7 Å². The van der Waals surface area contributed by atoms with E-state index in [-0.39, 0.29) is 18.0 Å². The fourth-order valence-electron chi connectivity index (χ4n) is 4.83. The number of carboxylic acid groups (broad SMARTS) is 1. The first kappa shape index (κ1) is 28.2. The van der Waals surface area contributed by atoms with E-state index in [1.54, 1.807) is 6.20 Å². The fraction of sp³-hybridized carbons (Fsp3) is 0.419. The van der Waals surface area contributed by atoms with Gasteiger partial charge in [-0.2, -0.15) is 0 Å². The van der Waals surface area contributed by atoms with Crippen LogP contribution in [-0.2, 0) is 9.53 Å². The van der Waals surface area contributed by atoms with Crippen molar-refractivity contribution in [1.29, 1.82) is 0 Å². The number of nitrogens with zero attached hydrogens (tertiary/aromatic N) is 2. The van der Waals surface area contributed by atoms with Crippen molar-refractivity contribution < 1.29 is 23.8 Å². The van der Waals surface area contributed by atoms with Gasteiger partial charge in [0.15, 0.2) is 5.69 Å². The van der Waals surface area contributed by atoms with Gasteiger partial charge in [-0.3, -0.25) is 14.6 Å². The lowest BCUT2D eigenvalue weighted by molar-refractivity contribution is -0.137. The number of hydrogen-bond donors (Lipinski definition) is 2. The number of benzene rings is 1. The summed E-state index contributed by atoms with van der Waals surface area (Å²) < 4.78 is 11.4. The quantitative estimate of drug-likeness (QED) is 0.240. The lowest BCUT2D eigenvalue weighted by Gasteiger charge is -2.21. The number of pyridine rings is 1. The zero-order chi connectivity index (χ0) is 27.3. The second kappa shape index (κ2) is 15.0. The van der Waals surface area contributed by atoms with Gasteiger partial charge >= 0.3 is 5.97 Å². The van der Waals surface area contributed by atoms with Gasteiger partial charge in [0, 0.05) is 43.1 Å². The maximum absolute atomic E-state index is 12.5. The summed E-state index contributed by atoms with van der Waals surface area (Å²) in [4.78, 5) is 31.9. The van der Waals surface area contributed by atoms with E-state index in [2.05, 4.69) is 21.4 Å². The monoisotopic (exact) mass is 531 g/mol. The lowest BCUT2D eigenvalue weighted by atomic mass is 9.90. The highest BCUT2D eigenvalue weighted by atomic mass is 16.5. The van der Waals surface area contributed by atoms with Crippen LogP contribution >= 0.6 is 0 Å². The third-order valence-corrected chi connectivity index (χ3v) is 6.96. The topological polar surface area (TPSA) is 115 Å². The highest BCUT2D eigenvalue weighted by molar-refractivity contribution is 5.92. The molecule has 0 aliphatic heterocycles. The standard InChI is InChI=1S/C31H37N3O5/c35-29(36)12-6-2-5-11-27(26-10-7-17-32-20-26)24-13-15-25(16-14-24)31-34-28(22-39-31)30(37)33-18-19-38-21-23-8-3-1-4-9-23/h7,10-11,13-17,20,22-23H,1-6,8-9,12,18-19,21H2,(H,33,37)(H,35,36)/b27-11-. The Bertz CT molecular complexity index is 1210. The first-order valence-corrected chi connectivity index (χ1v) is 13.8. The third-order valence-electron chi connectivity index (χ3n) is 6.96. The minimum Gasteiger partial charge on any atom is -0.481 e. The number of rotatable bonds is 14. The van der Waals surface area contributed by atoms with E-state index >= 15 is 0 Å². The first-order chi connectivity index (χ1) is 19.1. The van der Waals surface area contributed by atoms with Crippen molar-refractivity contribution >= 4 is 17.4 Å². The Morgan fingerprint density at radius 1 is 1.08 bits per heavy atom. The van der Waals surface area contributed by atoms with Gasteiger partial charge < -0.3 is 19.6 Å². The molecule has 1 aromatic carbocycles. The lowest BCUT2D eigenvalue weighted by Crippen LogP contribution is -2.28. The Labute approximate surface area is 229 Å². The molecule has 206 valence electrons. The number of amides is 1. The molecule has 0 unspecified atom stereocenters. The predicted molar refractivity (Wildman–Crippen MR) is 149 cm³/mol. The molecular formula is C31H37N3O5. The maximum atomic E-state index is 12.5. The average molecular weight is 532 g/mol. The second-order valence-corrected chi connectivity index (χ2v) is 9.95. The molecular weight excluding hydrogens is 494 g/mol. The summed E-state index contributed by atoms with van der Waals surface area (Å²) in [6.45, 7) is 1.69. The molecule has 1 aliphatic carbocycles. The van der Waals surface area contributed by atoms with Crippen LogP contribution < -0.4 is 5.32 Å². The number of ether oxygens (including phenoxy) is 1. The number of carbonyl (C=O) groups excluding carboxylic acids is 1. The van der Waals surface area contributed by atoms with E-state index in [1.807, 2.05) is 42.6 Å². The number of nitrogens with one attached hydrogen (secondary N) is 1. The van der Waals surface area contributed by atoms with E-state index in [1.165, 1.54) is 38.4 Å². The zero-order valence-electron chi connectivity index (χ0n) is 22.3. The van der Waals surface area contributed by atoms with E-state index in [9.17, 15) is 9.59 Å². The molecule has 0 bridgehead atoms. The summed E-state index contributed by atoms with van der Waals surface area (Å²) in [6.07, 6.45) is 15.8. The van der Waals surface area contributed by atoms with Crippen molar-refractivity contribution in [2.24, 2.45) is 5.92 Å². The highest BCUT2D eigenvalue weighted by Gasteiger charge is 2.15. The second-order valence-electron chi connectivity index (χ2n) is 9.95. The number of hydrogen-bond acceptors (Lipinski definition) is 6. The Kier molecular flexibility index (Phi) is 10.8. The number of carbonyl (C=O) groups is 2. The molecule has 0 radical (unpaired) electrons. The van der Waals surface area contributed by atoms with Crippen LogP contribution in [0.15, 0.2) is 65.5 Å². The van der Waals surface area contributed by atoms with Gasteiger partial charge in [0.05, 0.1) is 6.61 Å². The first-order valence-electron chi connectivity index (χ1n) is 13.8. The van der Waals surface area contributed by atoms with Gasteiger partial charge in [-0.1, -0.05) is 43.5 Å². The average Bonchev–Trinajstić information content (AvgIpc) is 3.46. The largest absolute Gasteiger partial charge is 0.481 e. The van der Waals surface area contributed by atoms with Gasteiger partial charge in [0.1, 0.15) is 6.26 Å². The highest BCUT2D eigenvalue weighted by Crippen LogP contribution is 2.27. The van der Waals surface area contributed by atoms with Crippen LogP contribution in [-0.4, -0.2) is 46.7 Å². The molecule has 8 nitrogen and oxygen atoms in total. The summed E-state index contributed by atoms with van der Waals surface area (Å²) in [5.74, 6) is -0.0276. The molecule has 1 fully saturated rings. The minimum absolute atomic E-state index is 0.176. The van der Waals surface area contributed by atoms with E-state index in [0.29, 0.717) is 31.4 Å². The van der Waals surface area contributed by atoms with Crippen LogP contribution in [0.4, 0.5) is 0 Å². The molecule has 2 heterocycles. The molecule has 1 amide bonds. The predicted octanol–water partition coefficient (Wildman–Crippen LogP) is 6.14. The van der Waals surface area contributed by atoms with Crippen molar-refractivity contribution in [2.45, 2.75) is 57.8 Å². The number of oxazole rings is 1. The molecule has 39 heavy (non-hydrogen) atoms. The molecule has 0 atom stereocenters. The molecule has 3 aromatic rings. The normalized spacial score (nSPS) is 14.3. The van der Waals surface area contributed by atoms with Crippen LogP contribution in [0.2, 0.25) is 0 Å². The van der Waals surface area contributed by atoms with Crippen molar-refractivity contribution in [2.75, 3.05) is 19.8 Å². The number of aliphatic carboxylic acids is 1.